The molecule has 0 aromatic heterocycles. The lowest BCUT2D eigenvalue weighted by Crippen LogP contribution is -2.53. The molecule has 0 aliphatic carbocycles. The van der Waals surface area contributed by atoms with Gasteiger partial charge >= 0.3 is 12.1 Å². The van der Waals surface area contributed by atoms with Gasteiger partial charge in [-0.05, 0) is 119 Å². The van der Waals surface area contributed by atoms with Crippen molar-refractivity contribution in [2.45, 2.75) is 188 Å². The predicted octanol–water partition coefficient (Wildman–Crippen LogP) is 7.70. The summed E-state index contributed by atoms with van der Waals surface area (Å²) in [6, 6.07) is 0.394. The molecule has 0 saturated carbocycles. The van der Waals surface area contributed by atoms with E-state index in [-0.39, 0.29) is 31.0 Å². The average Bonchev–Trinajstić information content (AvgIpc) is 3.92. The molecule has 13 heteroatoms. The molecule has 13 nitrogen and oxygen atoms in total. The van der Waals surface area contributed by atoms with Crippen LogP contribution in [0.1, 0.15) is 128 Å². The van der Waals surface area contributed by atoms with Crippen LogP contribution in [0.3, 0.4) is 0 Å². The molecule has 0 aromatic rings. The van der Waals surface area contributed by atoms with E-state index in [1.54, 1.807) is 12.0 Å². The Labute approximate surface area is 349 Å². The highest BCUT2D eigenvalue weighted by atomic mass is 16.7. The molecule has 3 heterocycles. The maximum Gasteiger partial charge on any atom is 0.410 e. The number of ether oxygens (including phenoxy) is 8. The first-order valence-corrected chi connectivity index (χ1v) is 21.8. The van der Waals surface area contributed by atoms with Crippen molar-refractivity contribution in [1.82, 2.24) is 9.80 Å². The van der Waals surface area contributed by atoms with Crippen LogP contribution >= 0.6 is 0 Å². The summed E-state index contributed by atoms with van der Waals surface area (Å²) in [6.07, 6.45) is 5.12. The van der Waals surface area contributed by atoms with Gasteiger partial charge in [-0.25, -0.2) is 4.79 Å². The number of epoxide rings is 1. The zero-order valence-corrected chi connectivity index (χ0v) is 38.0. The first kappa shape index (κ1) is 49.8. The van der Waals surface area contributed by atoms with Gasteiger partial charge in [0.05, 0.1) is 24.2 Å². The highest BCUT2D eigenvalue weighted by Gasteiger charge is 2.44. The van der Waals surface area contributed by atoms with Gasteiger partial charge in [-0.1, -0.05) is 26.0 Å². The van der Waals surface area contributed by atoms with Crippen molar-refractivity contribution in [3.8, 4) is 0 Å². The van der Waals surface area contributed by atoms with E-state index < -0.39 is 54.2 Å². The van der Waals surface area contributed by atoms with E-state index in [9.17, 15) is 14.7 Å². The van der Waals surface area contributed by atoms with Crippen LogP contribution in [-0.2, 0) is 42.7 Å². The minimum absolute atomic E-state index is 0.0128. The second-order valence-electron chi connectivity index (χ2n) is 17.0. The smallest absolute Gasteiger partial charge is 0.410 e. The number of rotatable bonds is 19. The molecule has 3 aliphatic rings. The molecule has 3 aliphatic heterocycles. The zero-order valence-electron chi connectivity index (χ0n) is 38.0. The number of hydrogen-bond acceptors (Lipinski definition) is 12. The van der Waals surface area contributed by atoms with Crippen LogP contribution in [0.2, 0.25) is 0 Å². The fraction of sp³-hybridized carbons (Fsp3) is 0.822. The third-order valence-electron chi connectivity index (χ3n) is 11.8. The van der Waals surface area contributed by atoms with E-state index >= 15 is 0 Å². The maximum atomic E-state index is 13.8. The number of amides is 1. The summed E-state index contributed by atoms with van der Waals surface area (Å²) in [5.74, 6) is 0.166. The topological polar surface area (TPSA) is 138 Å². The number of piperazine rings is 1. The standard InChI is InChI=1S/C45H78N2O11/c1-14-37(51-13)33(8)42-38(54-42)29-44(11,57-34(9)52-15-2)22-17-18-31(6)41-32(7)19-20-39(55-43(50)47-26-24-46(25-27-47)30(4)5)45(12,58-35(10)53-16-3)23-21-36(48)28-40(49)56-41/h18-20,30,32,34-39,41,48H,14-17,21-29H2,1-13H3. The summed E-state index contributed by atoms with van der Waals surface area (Å²) in [5, 5.41) is 11.1. The molecule has 0 bridgehead atoms. The van der Waals surface area contributed by atoms with Crippen molar-refractivity contribution in [2.75, 3.05) is 46.5 Å². The lowest BCUT2D eigenvalue weighted by atomic mass is 9.88. The molecular weight excluding hydrogens is 744 g/mol. The van der Waals surface area contributed by atoms with Gasteiger partial charge in [0.25, 0.3) is 0 Å². The Morgan fingerprint density at radius 3 is 2.29 bits per heavy atom. The van der Waals surface area contributed by atoms with Crippen molar-refractivity contribution >= 4 is 12.1 Å². The molecule has 0 spiro atoms. The van der Waals surface area contributed by atoms with E-state index in [4.69, 9.17) is 37.9 Å². The minimum atomic E-state index is -1.08. The lowest BCUT2D eigenvalue weighted by Gasteiger charge is -2.41. The summed E-state index contributed by atoms with van der Waals surface area (Å²) >= 11 is 0. The van der Waals surface area contributed by atoms with Crippen molar-refractivity contribution in [2.24, 2.45) is 5.92 Å². The minimum Gasteiger partial charge on any atom is -0.483 e. The number of aliphatic hydroxyl groups is 1. The van der Waals surface area contributed by atoms with Gasteiger partial charge in [0.15, 0.2) is 24.8 Å². The number of cyclic esters (lactones) is 1. The van der Waals surface area contributed by atoms with Gasteiger partial charge in [0.1, 0.15) is 17.5 Å². The van der Waals surface area contributed by atoms with Gasteiger partial charge in [0, 0.05) is 64.9 Å². The van der Waals surface area contributed by atoms with Crippen molar-refractivity contribution in [1.29, 1.82) is 0 Å². The normalized spacial score (nSPS) is 30.0. The second-order valence-corrected chi connectivity index (χ2v) is 17.0. The second kappa shape index (κ2) is 23.5. The zero-order chi connectivity index (χ0) is 43.2. The quantitative estimate of drug-likeness (QED) is 0.0592. The molecule has 0 radical (unpaired) electrons. The molecule has 10 atom stereocenters. The Kier molecular flexibility index (Phi) is 20.2. The average molecular weight is 823 g/mol. The fourth-order valence-corrected chi connectivity index (χ4v) is 8.22. The molecule has 0 aromatic carbocycles. The Balaban J connectivity index is 1.89. The molecule has 3 rings (SSSR count). The van der Waals surface area contributed by atoms with Crippen LogP contribution in [0.15, 0.2) is 35.1 Å². The van der Waals surface area contributed by atoms with Gasteiger partial charge in [-0.2, -0.15) is 0 Å². The van der Waals surface area contributed by atoms with E-state index in [1.165, 1.54) is 0 Å². The summed E-state index contributed by atoms with van der Waals surface area (Å²) in [6.45, 7) is 27.6. The van der Waals surface area contributed by atoms with Crippen molar-refractivity contribution in [3.63, 3.8) is 0 Å². The maximum absolute atomic E-state index is 13.8. The number of carbonyl (C=O) groups is 2. The SMILES string of the molecule is CCOC(C)OC(C)(CCC=C(C)C1OC(=O)CC(O)CCC(C)(OC(C)OCC)C(OC(=O)N2CCN(C(C)C)CC2)C=CC1C)CC1OC1=C(C)C(CC)OC. The monoisotopic (exact) mass is 823 g/mol. The number of carbonyl (C=O) groups excluding carboxylic acids is 2. The van der Waals surface area contributed by atoms with Gasteiger partial charge in [0.2, 0.25) is 0 Å². The Morgan fingerprint density at radius 1 is 1.03 bits per heavy atom. The van der Waals surface area contributed by atoms with Gasteiger partial charge < -0.3 is 47.9 Å². The number of hydrogen-bond donors (Lipinski definition) is 1. The summed E-state index contributed by atoms with van der Waals surface area (Å²) in [7, 11) is 1.72. The molecule has 2 fully saturated rings. The molecule has 1 N–H and O–H groups in total. The highest BCUT2D eigenvalue weighted by molar-refractivity contribution is 5.70. The summed E-state index contributed by atoms with van der Waals surface area (Å²) in [4.78, 5) is 31.2. The fourth-order valence-electron chi connectivity index (χ4n) is 8.22. The Hall–Kier alpha value is -2.52. The van der Waals surface area contributed by atoms with E-state index in [0.717, 1.165) is 36.4 Å². The largest absolute Gasteiger partial charge is 0.483 e. The predicted molar refractivity (Wildman–Crippen MR) is 224 cm³/mol. The first-order chi connectivity index (χ1) is 27.4. The molecular formula is C45H78N2O11. The molecule has 334 valence electrons. The first-order valence-electron chi connectivity index (χ1n) is 21.8. The number of nitrogens with zero attached hydrogens (tertiary/aromatic N) is 2. The molecule has 1 amide bonds. The van der Waals surface area contributed by atoms with Crippen LogP contribution < -0.4 is 0 Å². The highest BCUT2D eigenvalue weighted by Crippen LogP contribution is 2.41. The van der Waals surface area contributed by atoms with E-state index in [1.807, 2.05) is 60.6 Å². The third-order valence-corrected chi connectivity index (χ3v) is 11.8. The molecule has 2 saturated heterocycles. The van der Waals surface area contributed by atoms with Crippen molar-refractivity contribution < 1.29 is 52.6 Å². The number of esters is 1. The van der Waals surface area contributed by atoms with Crippen LogP contribution in [0, 0.1) is 5.92 Å². The summed E-state index contributed by atoms with van der Waals surface area (Å²) in [5.41, 5.74) is 0.323. The van der Waals surface area contributed by atoms with Gasteiger partial charge in [-0.15, -0.1) is 0 Å². The summed E-state index contributed by atoms with van der Waals surface area (Å²) < 4.78 is 48.8. The Bertz CT molecular complexity index is 1370. The van der Waals surface area contributed by atoms with Gasteiger partial charge in [-0.3, -0.25) is 9.69 Å². The van der Waals surface area contributed by atoms with E-state index in [2.05, 4.69) is 45.6 Å². The van der Waals surface area contributed by atoms with Crippen LogP contribution in [0.4, 0.5) is 4.79 Å². The Morgan fingerprint density at radius 2 is 1.69 bits per heavy atom. The lowest BCUT2D eigenvalue weighted by molar-refractivity contribution is -0.222. The van der Waals surface area contributed by atoms with Crippen LogP contribution in [-0.4, -0.2) is 134 Å². The number of methoxy groups -OCH3 is 1. The van der Waals surface area contributed by atoms with Crippen LogP contribution in [0.25, 0.3) is 0 Å². The molecule has 58 heavy (non-hydrogen) atoms. The number of allylic oxidation sites excluding steroid dienone is 1. The van der Waals surface area contributed by atoms with Crippen LogP contribution in [0.5, 0.6) is 0 Å². The molecule has 10 unspecified atom stereocenters. The third kappa shape index (κ3) is 15.2. The van der Waals surface area contributed by atoms with E-state index in [0.29, 0.717) is 58.0 Å². The number of aliphatic hydroxyl groups excluding tert-OH is 1. The van der Waals surface area contributed by atoms with Crippen molar-refractivity contribution in [3.05, 3.63) is 35.1 Å².